The topological polar surface area (TPSA) is 111 Å². The lowest BCUT2D eigenvalue weighted by atomic mass is 10.2. The van der Waals surface area contributed by atoms with Crippen LogP contribution in [0.15, 0.2) is 42.5 Å². The van der Waals surface area contributed by atoms with Gasteiger partial charge in [-0.15, -0.1) is 0 Å². The molecule has 1 N–H and O–H groups in total. The first kappa shape index (κ1) is 22.4. The molecule has 1 amide bonds. The van der Waals surface area contributed by atoms with Crippen LogP contribution in [0, 0.1) is 0 Å². The van der Waals surface area contributed by atoms with Crippen molar-refractivity contribution in [2.24, 2.45) is 0 Å². The molecule has 1 aliphatic rings. The lowest BCUT2D eigenvalue weighted by molar-refractivity contribution is -0.142. The Labute approximate surface area is 181 Å². The van der Waals surface area contributed by atoms with Crippen LogP contribution in [0.4, 0.5) is 5.69 Å². The number of methoxy groups -OCH3 is 2. The van der Waals surface area contributed by atoms with Crippen LogP contribution in [0.25, 0.3) is 0 Å². The van der Waals surface area contributed by atoms with Gasteiger partial charge in [-0.3, -0.25) is 9.10 Å². The van der Waals surface area contributed by atoms with Crippen LogP contribution in [-0.4, -0.2) is 60.0 Å². The zero-order valence-corrected chi connectivity index (χ0v) is 18.1. The molecule has 0 atom stereocenters. The SMILES string of the molecule is COC(=O)COc1cc(C(=O)NCCS(=O)(=O)N2CCc3ccccc32)ccc1OC. The second kappa shape index (κ2) is 9.69. The number of carbonyl (C=O) groups is 2. The van der Waals surface area contributed by atoms with E-state index in [9.17, 15) is 18.0 Å². The molecular weight excluding hydrogens is 424 g/mol. The highest BCUT2D eigenvalue weighted by atomic mass is 32.2. The molecule has 0 radical (unpaired) electrons. The Balaban J connectivity index is 1.61. The molecular formula is C21H24N2O7S. The first-order valence-corrected chi connectivity index (χ1v) is 11.2. The maximum absolute atomic E-state index is 12.7. The Kier molecular flexibility index (Phi) is 7.01. The molecule has 2 aromatic rings. The van der Waals surface area contributed by atoms with E-state index in [1.165, 1.54) is 36.7 Å². The minimum absolute atomic E-state index is 0.0514. The van der Waals surface area contributed by atoms with Gasteiger partial charge in [-0.2, -0.15) is 0 Å². The van der Waals surface area contributed by atoms with Crippen molar-refractivity contribution in [3.05, 3.63) is 53.6 Å². The maximum atomic E-state index is 12.7. The Morgan fingerprint density at radius 1 is 1.10 bits per heavy atom. The molecule has 0 saturated heterocycles. The smallest absolute Gasteiger partial charge is 0.343 e. The molecule has 0 aliphatic carbocycles. The van der Waals surface area contributed by atoms with E-state index in [-0.39, 0.29) is 30.2 Å². The van der Waals surface area contributed by atoms with Crippen molar-refractivity contribution in [1.82, 2.24) is 5.32 Å². The van der Waals surface area contributed by atoms with E-state index < -0.39 is 21.9 Å². The Bertz CT molecular complexity index is 1070. The molecule has 0 saturated carbocycles. The number of fused-ring (bicyclic) bond motifs is 1. The molecule has 3 rings (SSSR count). The quantitative estimate of drug-likeness (QED) is 0.577. The number of sulfonamides is 1. The molecule has 31 heavy (non-hydrogen) atoms. The molecule has 0 aromatic heterocycles. The zero-order chi connectivity index (χ0) is 22.4. The van der Waals surface area contributed by atoms with Crippen LogP contribution in [0.2, 0.25) is 0 Å². The number of esters is 1. The number of para-hydroxylation sites is 1. The predicted molar refractivity (Wildman–Crippen MR) is 114 cm³/mol. The average molecular weight is 448 g/mol. The molecule has 166 valence electrons. The fraction of sp³-hybridized carbons (Fsp3) is 0.333. The van der Waals surface area contributed by atoms with Crippen molar-refractivity contribution in [3.8, 4) is 11.5 Å². The monoisotopic (exact) mass is 448 g/mol. The molecule has 0 spiro atoms. The number of benzene rings is 2. The van der Waals surface area contributed by atoms with Gasteiger partial charge in [-0.05, 0) is 36.2 Å². The van der Waals surface area contributed by atoms with E-state index in [2.05, 4.69) is 10.1 Å². The van der Waals surface area contributed by atoms with Crippen molar-refractivity contribution in [1.29, 1.82) is 0 Å². The summed E-state index contributed by atoms with van der Waals surface area (Å²) in [6, 6.07) is 11.8. The van der Waals surface area contributed by atoms with E-state index in [1.807, 2.05) is 12.1 Å². The minimum atomic E-state index is -3.57. The molecule has 10 heteroatoms. The summed E-state index contributed by atoms with van der Waals surface area (Å²) in [6.45, 7) is 0.00665. The van der Waals surface area contributed by atoms with E-state index >= 15 is 0 Å². The van der Waals surface area contributed by atoms with Crippen LogP contribution in [0.3, 0.4) is 0 Å². The summed E-state index contributed by atoms with van der Waals surface area (Å²) in [5, 5.41) is 2.61. The van der Waals surface area contributed by atoms with E-state index in [4.69, 9.17) is 9.47 Å². The largest absolute Gasteiger partial charge is 0.493 e. The van der Waals surface area contributed by atoms with Gasteiger partial charge in [0.2, 0.25) is 10.0 Å². The normalized spacial score (nSPS) is 12.8. The highest BCUT2D eigenvalue weighted by Crippen LogP contribution is 2.30. The fourth-order valence-electron chi connectivity index (χ4n) is 3.23. The predicted octanol–water partition coefficient (Wildman–Crippen LogP) is 1.37. The molecule has 0 bridgehead atoms. The second-order valence-electron chi connectivity index (χ2n) is 6.75. The van der Waals surface area contributed by atoms with E-state index in [0.717, 1.165) is 5.56 Å². The van der Waals surface area contributed by atoms with Gasteiger partial charge < -0.3 is 19.5 Å². The van der Waals surface area contributed by atoms with Crippen molar-refractivity contribution in [2.45, 2.75) is 6.42 Å². The molecule has 1 heterocycles. The van der Waals surface area contributed by atoms with Crippen LogP contribution in [0.5, 0.6) is 11.5 Å². The van der Waals surface area contributed by atoms with Gasteiger partial charge in [0.15, 0.2) is 18.1 Å². The summed E-state index contributed by atoms with van der Waals surface area (Å²) in [5.74, 6) is -0.736. The highest BCUT2D eigenvalue weighted by molar-refractivity contribution is 7.92. The summed E-state index contributed by atoms with van der Waals surface area (Å²) >= 11 is 0. The Morgan fingerprint density at radius 2 is 1.87 bits per heavy atom. The average Bonchev–Trinajstić information content (AvgIpc) is 3.22. The van der Waals surface area contributed by atoms with E-state index in [1.54, 1.807) is 12.1 Å². The van der Waals surface area contributed by atoms with Crippen molar-refractivity contribution in [2.75, 3.05) is 44.0 Å². The van der Waals surface area contributed by atoms with Gasteiger partial charge in [0, 0.05) is 18.7 Å². The Hall–Kier alpha value is -3.27. The molecule has 0 unspecified atom stereocenters. The van der Waals surface area contributed by atoms with Crippen molar-refractivity contribution < 1.29 is 32.2 Å². The summed E-state index contributed by atoms with van der Waals surface area (Å²) in [7, 11) is -0.899. The lowest BCUT2D eigenvalue weighted by Crippen LogP contribution is -2.37. The summed E-state index contributed by atoms with van der Waals surface area (Å²) in [6.07, 6.45) is 0.669. The molecule has 0 fully saturated rings. The number of rotatable bonds is 9. The lowest BCUT2D eigenvalue weighted by Gasteiger charge is -2.19. The number of carbonyl (C=O) groups excluding carboxylic acids is 2. The van der Waals surface area contributed by atoms with Crippen molar-refractivity contribution in [3.63, 3.8) is 0 Å². The molecule has 9 nitrogen and oxygen atoms in total. The number of hydrogen-bond acceptors (Lipinski definition) is 7. The standard InChI is InChI=1S/C21H24N2O7S/c1-28-18-8-7-16(13-19(18)30-14-20(24)29-2)21(25)22-10-12-31(26,27)23-11-9-15-5-3-4-6-17(15)23/h3-8,13H,9-12,14H2,1-2H3,(H,22,25). The summed E-state index contributed by atoms with van der Waals surface area (Å²) in [5.41, 5.74) is 1.92. The van der Waals surface area contributed by atoms with Gasteiger partial charge in [0.1, 0.15) is 0 Å². The fourth-order valence-corrected chi connectivity index (χ4v) is 4.66. The number of amides is 1. The number of ether oxygens (including phenoxy) is 3. The third-order valence-corrected chi connectivity index (χ3v) is 6.60. The van der Waals surface area contributed by atoms with Gasteiger partial charge in [-0.1, -0.05) is 18.2 Å². The molecule has 1 aliphatic heterocycles. The zero-order valence-electron chi connectivity index (χ0n) is 17.3. The maximum Gasteiger partial charge on any atom is 0.343 e. The van der Waals surface area contributed by atoms with Gasteiger partial charge in [0.25, 0.3) is 5.91 Å². The van der Waals surface area contributed by atoms with Crippen molar-refractivity contribution >= 4 is 27.6 Å². The van der Waals surface area contributed by atoms with Gasteiger partial charge in [0.05, 0.1) is 25.7 Å². The first-order chi connectivity index (χ1) is 14.9. The number of hydrogen-bond donors (Lipinski definition) is 1. The van der Waals surface area contributed by atoms with Crippen LogP contribution in [-0.2, 0) is 26.0 Å². The number of nitrogens with one attached hydrogen (secondary N) is 1. The van der Waals surface area contributed by atoms with E-state index in [0.29, 0.717) is 24.4 Å². The highest BCUT2D eigenvalue weighted by Gasteiger charge is 2.28. The number of nitrogens with zero attached hydrogens (tertiary/aromatic N) is 1. The third kappa shape index (κ3) is 5.26. The Morgan fingerprint density at radius 3 is 2.61 bits per heavy atom. The first-order valence-electron chi connectivity index (χ1n) is 9.60. The van der Waals surface area contributed by atoms with Gasteiger partial charge in [-0.25, -0.2) is 13.2 Å². The summed E-state index contributed by atoms with van der Waals surface area (Å²) < 4.78 is 41.9. The summed E-state index contributed by atoms with van der Waals surface area (Å²) in [4.78, 5) is 23.8. The minimum Gasteiger partial charge on any atom is -0.493 e. The van der Waals surface area contributed by atoms with Crippen LogP contribution >= 0.6 is 0 Å². The van der Waals surface area contributed by atoms with Crippen LogP contribution < -0.4 is 19.1 Å². The van der Waals surface area contributed by atoms with Crippen LogP contribution in [0.1, 0.15) is 15.9 Å². The third-order valence-electron chi connectivity index (χ3n) is 4.82. The number of anilines is 1. The molecule has 2 aromatic carbocycles. The second-order valence-corrected chi connectivity index (χ2v) is 8.77. The van der Waals surface area contributed by atoms with Gasteiger partial charge >= 0.3 is 5.97 Å².